The van der Waals surface area contributed by atoms with Crippen LogP contribution in [-0.2, 0) is 10.0 Å². The van der Waals surface area contributed by atoms with Crippen molar-refractivity contribution in [3.8, 4) is 5.75 Å². The third-order valence-corrected chi connectivity index (χ3v) is 5.32. The number of benzene rings is 2. The molecule has 112 valence electrons. The van der Waals surface area contributed by atoms with E-state index >= 15 is 0 Å². The third kappa shape index (κ3) is 4.77. The molecule has 2 aromatic carbocycles. The molecule has 2 rings (SSSR count). The quantitative estimate of drug-likeness (QED) is 0.634. The lowest BCUT2D eigenvalue weighted by atomic mass is 10.2. The summed E-state index contributed by atoms with van der Waals surface area (Å²) in [4.78, 5) is 1.27. The normalized spacial score (nSPS) is 11.5. The first kappa shape index (κ1) is 15.9. The van der Waals surface area contributed by atoms with Crippen LogP contribution in [0, 0.1) is 6.92 Å². The summed E-state index contributed by atoms with van der Waals surface area (Å²) in [5.74, 6) is 0.843. The molecule has 2 N–H and O–H groups in total. The number of aryl methyl sites for hydroxylation is 1. The molecule has 0 unspecified atom stereocenters. The predicted octanol–water partition coefficient (Wildman–Crippen LogP) is 2.77. The van der Waals surface area contributed by atoms with Crippen LogP contribution in [0.3, 0.4) is 0 Å². The van der Waals surface area contributed by atoms with Crippen molar-refractivity contribution in [1.29, 1.82) is 0 Å². The zero-order valence-corrected chi connectivity index (χ0v) is 13.2. The van der Waals surface area contributed by atoms with E-state index in [0.717, 1.165) is 10.5 Å². The highest BCUT2D eigenvalue weighted by molar-refractivity contribution is 7.99. The topological polar surface area (TPSA) is 66.4 Å². The van der Waals surface area contributed by atoms with Gasteiger partial charge in [0.1, 0.15) is 5.75 Å². The van der Waals surface area contributed by atoms with Gasteiger partial charge in [-0.15, -0.1) is 11.8 Å². The van der Waals surface area contributed by atoms with Gasteiger partial charge in [0.15, 0.2) is 0 Å². The van der Waals surface area contributed by atoms with Gasteiger partial charge in [-0.2, -0.15) is 0 Å². The van der Waals surface area contributed by atoms with E-state index in [0.29, 0.717) is 12.3 Å². The molecule has 0 saturated heterocycles. The number of thioether (sulfide) groups is 1. The monoisotopic (exact) mass is 323 g/mol. The molecular formula is C15H17NO3S2. The lowest BCUT2D eigenvalue weighted by Crippen LogP contribution is -2.26. The van der Waals surface area contributed by atoms with E-state index in [1.54, 1.807) is 48.5 Å². The third-order valence-electron chi connectivity index (χ3n) is 2.83. The zero-order valence-electron chi connectivity index (χ0n) is 11.6. The maximum absolute atomic E-state index is 12.0. The van der Waals surface area contributed by atoms with Crippen molar-refractivity contribution >= 4 is 21.8 Å². The second-order valence-corrected chi connectivity index (χ2v) is 7.49. The van der Waals surface area contributed by atoms with Crippen LogP contribution in [0.2, 0.25) is 0 Å². The first-order valence-electron chi connectivity index (χ1n) is 6.45. The Kier molecular flexibility index (Phi) is 5.27. The van der Waals surface area contributed by atoms with Gasteiger partial charge in [-0.05, 0) is 43.3 Å². The van der Waals surface area contributed by atoms with Crippen LogP contribution < -0.4 is 4.72 Å². The largest absolute Gasteiger partial charge is 0.508 e. The molecule has 0 atom stereocenters. The van der Waals surface area contributed by atoms with E-state index in [9.17, 15) is 13.5 Å². The Balaban J connectivity index is 1.85. The fourth-order valence-electron chi connectivity index (χ4n) is 1.69. The second kappa shape index (κ2) is 6.98. The summed E-state index contributed by atoms with van der Waals surface area (Å²) < 4.78 is 26.7. The number of sulfonamides is 1. The van der Waals surface area contributed by atoms with Gasteiger partial charge >= 0.3 is 0 Å². The summed E-state index contributed by atoms with van der Waals surface area (Å²) in [6.07, 6.45) is 0. The van der Waals surface area contributed by atoms with Gasteiger partial charge in [-0.3, -0.25) is 0 Å². The molecular weight excluding hydrogens is 306 g/mol. The minimum Gasteiger partial charge on any atom is -0.508 e. The molecule has 21 heavy (non-hydrogen) atoms. The van der Waals surface area contributed by atoms with Gasteiger partial charge < -0.3 is 5.11 Å². The molecule has 0 fully saturated rings. The Bertz CT molecular complexity index is 680. The molecule has 2 aromatic rings. The van der Waals surface area contributed by atoms with Crippen LogP contribution in [-0.4, -0.2) is 25.8 Å². The lowest BCUT2D eigenvalue weighted by Gasteiger charge is -2.07. The fourth-order valence-corrected chi connectivity index (χ4v) is 3.62. The average Bonchev–Trinajstić information content (AvgIpc) is 2.46. The molecule has 0 aliphatic heterocycles. The molecule has 0 aliphatic carbocycles. The van der Waals surface area contributed by atoms with Crippen LogP contribution in [0.1, 0.15) is 5.56 Å². The van der Waals surface area contributed by atoms with Gasteiger partial charge in [0.2, 0.25) is 10.0 Å². The Morgan fingerprint density at radius 3 is 2.29 bits per heavy atom. The Hall–Kier alpha value is -1.50. The van der Waals surface area contributed by atoms with Crippen molar-refractivity contribution in [3.05, 3.63) is 54.1 Å². The number of hydrogen-bond acceptors (Lipinski definition) is 4. The van der Waals surface area contributed by atoms with Crippen molar-refractivity contribution < 1.29 is 13.5 Å². The molecule has 0 heterocycles. The van der Waals surface area contributed by atoms with E-state index in [4.69, 9.17) is 0 Å². The first-order valence-corrected chi connectivity index (χ1v) is 8.92. The van der Waals surface area contributed by atoms with Crippen molar-refractivity contribution in [2.45, 2.75) is 16.7 Å². The highest BCUT2D eigenvalue weighted by Crippen LogP contribution is 2.20. The van der Waals surface area contributed by atoms with E-state index in [1.807, 2.05) is 6.92 Å². The number of hydrogen-bond donors (Lipinski definition) is 2. The van der Waals surface area contributed by atoms with Crippen molar-refractivity contribution in [1.82, 2.24) is 4.72 Å². The summed E-state index contributed by atoms with van der Waals surface area (Å²) in [6, 6.07) is 13.6. The summed E-state index contributed by atoms with van der Waals surface area (Å²) in [6.45, 7) is 2.26. The maximum atomic E-state index is 12.0. The van der Waals surface area contributed by atoms with E-state index in [2.05, 4.69) is 4.72 Å². The zero-order chi connectivity index (χ0) is 15.3. The lowest BCUT2D eigenvalue weighted by molar-refractivity contribution is 0.475. The van der Waals surface area contributed by atoms with Gasteiger partial charge in [0, 0.05) is 17.2 Å². The fraction of sp³-hybridized carbons (Fsp3) is 0.200. The summed E-state index contributed by atoms with van der Waals surface area (Å²) >= 11 is 1.53. The standard InChI is InChI=1S/C15H17NO3S2/c1-12-2-8-15(9-3-12)21(18,19)16-10-11-20-14-6-4-13(17)5-7-14/h2-9,16-17H,10-11H2,1H3. The van der Waals surface area contributed by atoms with Crippen LogP contribution in [0.5, 0.6) is 5.75 Å². The average molecular weight is 323 g/mol. The Morgan fingerprint density at radius 1 is 1.05 bits per heavy atom. The molecule has 0 saturated carbocycles. The van der Waals surface area contributed by atoms with Crippen LogP contribution in [0.25, 0.3) is 0 Å². The van der Waals surface area contributed by atoms with Gasteiger partial charge in [0.25, 0.3) is 0 Å². The molecule has 0 aliphatic rings. The SMILES string of the molecule is Cc1ccc(S(=O)(=O)NCCSc2ccc(O)cc2)cc1. The molecule has 0 aromatic heterocycles. The first-order chi connectivity index (χ1) is 9.97. The highest BCUT2D eigenvalue weighted by Gasteiger charge is 2.12. The van der Waals surface area contributed by atoms with Crippen molar-refractivity contribution in [3.63, 3.8) is 0 Å². The van der Waals surface area contributed by atoms with Crippen LogP contribution in [0.4, 0.5) is 0 Å². The number of phenols is 1. The molecule has 6 heteroatoms. The number of aromatic hydroxyl groups is 1. The second-order valence-electron chi connectivity index (χ2n) is 4.55. The van der Waals surface area contributed by atoms with E-state index < -0.39 is 10.0 Å². The minimum absolute atomic E-state index is 0.222. The van der Waals surface area contributed by atoms with Crippen LogP contribution >= 0.6 is 11.8 Å². The number of phenolic OH excluding ortho intramolecular Hbond substituents is 1. The molecule has 0 amide bonds. The summed E-state index contributed by atoms with van der Waals surface area (Å²) in [7, 11) is -3.44. The highest BCUT2D eigenvalue weighted by atomic mass is 32.2. The van der Waals surface area contributed by atoms with Crippen LogP contribution in [0.15, 0.2) is 58.3 Å². The summed E-state index contributed by atoms with van der Waals surface area (Å²) in [5, 5.41) is 9.18. The number of rotatable bonds is 6. The molecule has 4 nitrogen and oxygen atoms in total. The smallest absolute Gasteiger partial charge is 0.240 e. The Morgan fingerprint density at radius 2 is 1.67 bits per heavy atom. The Labute approximate surface area is 129 Å². The number of nitrogens with one attached hydrogen (secondary N) is 1. The molecule has 0 bridgehead atoms. The summed E-state index contributed by atoms with van der Waals surface area (Å²) in [5.41, 5.74) is 1.02. The molecule has 0 spiro atoms. The minimum atomic E-state index is -3.44. The van der Waals surface area contributed by atoms with E-state index in [1.165, 1.54) is 11.8 Å². The van der Waals surface area contributed by atoms with Gasteiger partial charge in [0.05, 0.1) is 4.90 Å². The maximum Gasteiger partial charge on any atom is 0.240 e. The predicted molar refractivity (Wildman–Crippen MR) is 85.2 cm³/mol. The molecule has 0 radical (unpaired) electrons. The van der Waals surface area contributed by atoms with Crippen molar-refractivity contribution in [2.24, 2.45) is 0 Å². The van der Waals surface area contributed by atoms with E-state index in [-0.39, 0.29) is 10.6 Å². The van der Waals surface area contributed by atoms with Crippen molar-refractivity contribution in [2.75, 3.05) is 12.3 Å². The van der Waals surface area contributed by atoms with Gasteiger partial charge in [-0.1, -0.05) is 17.7 Å². The van der Waals surface area contributed by atoms with Gasteiger partial charge in [-0.25, -0.2) is 13.1 Å².